The molecule has 0 radical (unpaired) electrons. The molecule has 0 amide bonds. The van der Waals surface area contributed by atoms with Crippen LogP contribution in [0.4, 0.5) is 4.79 Å². The summed E-state index contributed by atoms with van der Waals surface area (Å²) in [6.45, 7) is 10.2. The Balaban J connectivity index is 3.64. The highest BCUT2D eigenvalue weighted by Crippen LogP contribution is 2.13. The first-order chi connectivity index (χ1) is 5.85. The van der Waals surface area contributed by atoms with E-state index in [1.54, 1.807) is 0 Å². The maximum absolute atomic E-state index is 11.0. The van der Waals surface area contributed by atoms with Crippen LogP contribution >= 0.6 is 0 Å². The Morgan fingerprint density at radius 1 is 1.38 bits per heavy atom. The fourth-order valence-corrected chi connectivity index (χ4v) is 0.557. The molecule has 0 aromatic carbocycles. The van der Waals surface area contributed by atoms with Crippen LogP contribution in [0.2, 0.25) is 0 Å². The van der Waals surface area contributed by atoms with Gasteiger partial charge in [-0.1, -0.05) is 27.7 Å². The molecule has 0 aromatic heterocycles. The topological polar surface area (TPSA) is 35.5 Å². The van der Waals surface area contributed by atoms with Crippen molar-refractivity contribution in [3.63, 3.8) is 0 Å². The second-order valence-electron chi connectivity index (χ2n) is 4.44. The van der Waals surface area contributed by atoms with Crippen molar-refractivity contribution in [1.82, 2.24) is 0 Å². The number of hydrogen-bond acceptors (Lipinski definition) is 3. The summed E-state index contributed by atoms with van der Waals surface area (Å²) in [6.07, 6.45) is 0.182. The van der Waals surface area contributed by atoms with E-state index in [0.29, 0.717) is 6.61 Å². The predicted octanol–water partition coefficient (Wildman–Crippen LogP) is 2.98. The summed E-state index contributed by atoms with van der Waals surface area (Å²) in [5, 5.41) is 0. The van der Waals surface area contributed by atoms with E-state index >= 15 is 0 Å². The van der Waals surface area contributed by atoms with Crippen molar-refractivity contribution in [3.8, 4) is 0 Å². The lowest BCUT2D eigenvalue weighted by atomic mass is 9.99. The lowest BCUT2D eigenvalue weighted by Gasteiger charge is -2.18. The Hall–Kier alpha value is -0.730. The molecule has 0 heterocycles. The molecule has 0 aromatic rings. The molecule has 0 aliphatic heterocycles. The third kappa shape index (κ3) is 7.62. The van der Waals surface area contributed by atoms with Crippen LogP contribution in [0.25, 0.3) is 0 Å². The molecule has 0 fully saturated rings. The molecule has 0 saturated heterocycles. The lowest BCUT2D eigenvalue weighted by molar-refractivity contribution is 0.0110. The maximum Gasteiger partial charge on any atom is 0.508 e. The van der Waals surface area contributed by atoms with Gasteiger partial charge in [0, 0.05) is 0 Å². The molecule has 13 heavy (non-hydrogen) atoms. The van der Waals surface area contributed by atoms with Gasteiger partial charge in [-0.25, -0.2) is 4.79 Å². The molecule has 3 nitrogen and oxygen atoms in total. The van der Waals surface area contributed by atoms with Gasteiger partial charge in [0.05, 0.1) is 6.61 Å². The van der Waals surface area contributed by atoms with Crippen LogP contribution < -0.4 is 0 Å². The normalized spacial score (nSPS) is 13.6. The van der Waals surface area contributed by atoms with Crippen LogP contribution in [-0.2, 0) is 9.47 Å². The fraction of sp³-hybridized carbons (Fsp3) is 0.900. The predicted molar refractivity (Wildman–Crippen MR) is 51.6 cm³/mol. The Labute approximate surface area is 80.4 Å². The fourth-order valence-electron chi connectivity index (χ4n) is 0.557. The van der Waals surface area contributed by atoms with Crippen molar-refractivity contribution >= 4 is 6.16 Å². The molecule has 1 unspecified atom stereocenters. The molecule has 0 aliphatic rings. The Kier molecular flexibility index (Phi) is 4.81. The molecule has 78 valence electrons. The molecule has 0 N–H and O–H groups in total. The second-order valence-corrected chi connectivity index (χ2v) is 4.44. The van der Waals surface area contributed by atoms with Gasteiger partial charge < -0.3 is 9.47 Å². The van der Waals surface area contributed by atoms with Crippen LogP contribution in [-0.4, -0.2) is 18.9 Å². The van der Waals surface area contributed by atoms with E-state index in [1.165, 1.54) is 0 Å². The van der Waals surface area contributed by atoms with Crippen LogP contribution in [0, 0.1) is 5.41 Å². The first-order valence-electron chi connectivity index (χ1n) is 4.68. The van der Waals surface area contributed by atoms with Crippen molar-refractivity contribution in [2.24, 2.45) is 5.41 Å². The highest BCUT2D eigenvalue weighted by Gasteiger charge is 2.15. The molecular formula is C10H20O3. The second kappa shape index (κ2) is 5.10. The lowest BCUT2D eigenvalue weighted by Crippen LogP contribution is -2.21. The number of rotatable bonds is 3. The van der Waals surface area contributed by atoms with Gasteiger partial charge in [-0.15, -0.1) is 0 Å². The summed E-state index contributed by atoms with van der Waals surface area (Å²) >= 11 is 0. The molecule has 0 saturated carbocycles. The number of hydrogen-bond donors (Lipinski definition) is 0. The molecule has 0 rings (SSSR count). The zero-order valence-corrected chi connectivity index (χ0v) is 9.22. The third-order valence-electron chi connectivity index (χ3n) is 1.50. The van der Waals surface area contributed by atoms with Gasteiger partial charge in [0.25, 0.3) is 0 Å². The minimum absolute atomic E-state index is 0.00548. The molecule has 0 aliphatic carbocycles. The summed E-state index contributed by atoms with van der Waals surface area (Å²) in [5.41, 5.74) is -0.00548. The highest BCUT2D eigenvalue weighted by molar-refractivity contribution is 5.60. The van der Waals surface area contributed by atoms with Gasteiger partial charge in [0.15, 0.2) is 0 Å². The van der Waals surface area contributed by atoms with Gasteiger partial charge in [-0.3, -0.25) is 0 Å². The summed E-state index contributed by atoms with van der Waals surface area (Å²) in [4.78, 5) is 11.0. The van der Waals surface area contributed by atoms with Gasteiger partial charge in [0.2, 0.25) is 0 Å². The van der Waals surface area contributed by atoms with Gasteiger partial charge >= 0.3 is 6.16 Å². The zero-order valence-electron chi connectivity index (χ0n) is 9.22. The number of ether oxygens (including phenoxy) is 2. The van der Waals surface area contributed by atoms with Crippen LogP contribution in [0.15, 0.2) is 0 Å². The summed E-state index contributed by atoms with van der Waals surface area (Å²) < 4.78 is 9.85. The van der Waals surface area contributed by atoms with E-state index in [-0.39, 0.29) is 11.5 Å². The van der Waals surface area contributed by atoms with Gasteiger partial charge in [-0.2, -0.15) is 0 Å². The monoisotopic (exact) mass is 188 g/mol. The molecule has 0 spiro atoms. The van der Waals surface area contributed by atoms with Crippen molar-refractivity contribution in [1.29, 1.82) is 0 Å². The van der Waals surface area contributed by atoms with Gasteiger partial charge in [0.1, 0.15) is 6.10 Å². The Morgan fingerprint density at radius 3 is 2.31 bits per heavy atom. The maximum atomic E-state index is 11.0. The minimum Gasteiger partial charge on any atom is -0.434 e. The molecule has 3 heteroatoms. The van der Waals surface area contributed by atoms with Crippen LogP contribution in [0.1, 0.15) is 41.0 Å². The van der Waals surface area contributed by atoms with E-state index in [4.69, 9.17) is 9.47 Å². The van der Waals surface area contributed by atoms with E-state index in [1.807, 2.05) is 34.6 Å². The summed E-state index contributed by atoms with van der Waals surface area (Å²) in [6, 6.07) is 0. The Morgan fingerprint density at radius 2 is 1.92 bits per heavy atom. The first kappa shape index (κ1) is 12.3. The average Bonchev–Trinajstić information content (AvgIpc) is 1.99. The standard InChI is InChI=1S/C10H20O3/c1-6-8(2)13-9(11)12-7-10(3,4)5/h8H,6-7H2,1-5H3. The Bertz CT molecular complexity index is 158. The third-order valence-corrected chi connectivity index (χ3v) is 1.50. The SMILES string of the molecule is CCC(C)OC(=O)OCC(C)(C)C. The van der Waals surface area contributed by atoms with E-state index in [2.05, 4.69) is 0 Å². The number of carbonyl (C=O) groups excluding carboxylic acids is 1. The summed E-state index contributed by atoms with van der Waals surface area (Å²) in [5.74, 6) is 0. The van der Waals surface area contributed by atoms with Crippen molar-refractivity contribution in [2.75, 3.05) is 6.61 Å². The smallest absolute Gasteiger partial charge is 0.434 e. The van der Waals surface area contributed by atoms with E-state index in [0.717, 1.165) is 6.42 Å². The van der Waals surface area contributed by atoms with Crippen molar-refractivity contribution in [2.45, 2.75) is 47.1 Å². The summed E-state index contributed by atoms with van der Waals surface area (Å²) in [7, 11) is 0. The van der Waals surface area contributed by atoms with Gasteiger partial charge in [-0.05, 0) is 18.8 Å². The van der Waals surface area contributed by atoms with Crippen LogP contribution in [0.5, 0.6) is 0 Å². The first-order valence-corrected chi connectivity index (χ1v) is 4.68. The highest BCUT2D eigenvalue weighted by atomic mass is 16.7. The molecule has 1 atom stereocenters. The van der Waals surface area contributed by atoms with Crippen molar-refractivity contribution in [3.05, 3.63) is 0 Å². The van der Waals surface area contributed by atoms with E-state index in [9.17, 15) is 4.79 Å². The van der Waals surface area contributed by atoms with Crippen molar-refractivity contribution < 1.29 is 14.3 Å². The van der Waals surface area contributed by atoms with E-state index < -0.39 is 6.16 Å². The minimum atomic E-state index is -0.565. The molecule has 0 bridgehead atoms. The average molecular weight is 188 g/mol. The van der Waals surface area contributed by atoms with Crippen LogP contribution in [0.3, 0.4) is 0 Å². The number of carbonyl (C=O) groups is 1. The quantitative estimate of drug-likeness (QED) is 0.639. The molecular weight excluding hydrogens is 168 g/mol. The zero-order chi connectivity index (χ0) is 10.5. The largest absolute Gasteiger partial charge is 0.508 e.